The summed E-state index contributed by atoms with van der Waals surface area (Å²) < 4.78 is 48.6. The van der Waals surface area contributed by atoms with Gasteiger partial charge in [-0.25, -0.2) is 4.39 Å². The molecule has 5 heteroatoms. The van der Waals surface area contributed by atoms with Gasteiger partial charge in [-0.05, 0) is 17.7 Å². The molecule has 0 radical (unpaired) electrons. The maximum Gasteiger partial charge on any atom is 0.401 e. The molecule has 0 aromatic heterocycles. The summed E-state index contributed by atoms with van der Waals surface area (Å²) in [5.74, 6) is -0.354. The topological polar surface area (TPSA) is 12.0 Å². The molecule has 0 aliphatic carbocycles. The second-order valence-electron chi connectivity index (χ2n) is 4.61. The van der Waals surface area contributed by atoms with Gasteiger partial charge in [-0.15, -0.1) is 0 Å². The molecule has 0 aliphatic rings. The molecular formula is C12H15F4N. The lowest BCUT2D eigenvalue weighted by molar-refractivity contribution is -0.125. The predicted octanol–water partition coefficient (Wildman–Crippen LogP) is 3.26. The summed E-state index contributed by atoms with van der Waals surface area (Å²) in [6.07, 6.45) is -4.21. The third kappa shape index (κ3) is 4.73. The molecule has 0 spiro atoms. The summed E-state index contributed by atoms with van der Waals surface area (Å²) in [5, 5.41) is 2.36. The van der Waals surface area contributed by atoms with E-state index in [0.717, 1.165) is 5.56 Å². The van der Waals surface area contributed by atoms with Gasteiger partial charge in [-0.3, -0.25) is 0 Å². The SMILES string of the molecule is CC(C)(CNCC(F)(F)F)c1ccc(F)cc1. The van der Waals surface area contributed by atoms with E-state index in [9.17, 15) is 17.6 Å². The average Bonchev–Trinajstić information content (AvgIpc) is 2.15. The number of alkyl halides is 3. The zero-order chi connectivity index (χ0) is 13.1. The van der Waals surface area contributed by atoms with E-state index in [0.29, 0.717) is 0 Å². The number of benzene rings is 1. The van der Waals surface area contributed by atoms with E-state index in [4.69, 9.17) is 0 Å². The molecule has 1 N–H and O–H groups in total. The van der Waals surface area contributed by atoms with E-state index in [2.05, 4.69) is 5.32 Å². The summed E-state index contributed by atoms with van der Waals surface area (Å²) in [6, 6.07) is 5.79. The van der Waals surface area contributed by atoms with Gasteiger partial charge in [0, 0.05) is 12.0 Å². The summed E-state index contributed by atoms with van der Waals surface area (Å²) in [7, 11) is 0. The molecule has 1 aromatic rings. The molecule has 0 unspecified atom stereocenters. The molecular weight excluding hydrogens is 234 g/mol. The molecule has 0 amide bonds. The van der Waals surface area contributed by atoms with Gasteiger partial charge in [-0.2, -0.15) is 13.2 Å². The first-order valence-corrected chi connectivity index (χ1v) is 5.24. The Kier molecular flexibility index (Phi) is 4.14. The van der Waals surface area contributed by atoms with Crippen LogP contribution >= 0.6 is 0 Å². The Morgan fingerprint density at radius 3 is 2.00 bits per heavy atom. The van der Waals surface area contributed by atoms with Crippen LogP contribution in [0.2, 0.25) is 0 Å². The number of hydrogen-bond acceptors (Lipinski definition) is 1. The van der Waals surface area contributed by atoms with Crippen molar-refractivity contribution in [1.29, 1.82) is 0 Å². The smallest absolute Gasteiger partial charge is 0.308 e. The highest BCUT2D eigenvalue weighted by molar-refractivity contribution is 5.24. The molecule has 0 atom stereocenters. The van der Waals surface area contributed by atoms with Gasteiger partial charge in [0.25, 0.3) is 0 Å². The highest BCUT2D eigenvalue weighted by atomic mass is 19.4. The van der Waals surface area contributed by atoms with Crippen LogP contribution in [0.25, 0.3) is 0 Å². The van der Waals surface area contributed by atoms with Crippen molar-refractivity contribution >= 4 is 0 Å². The zero-order valence-corrected chi connectivity index (χ0v) is 9.74. The zero-order valence-electron chi connectivity index (χ0n) is 9.74. The van der Waals surface area contributed by atoms with Crippen LogP contribution < -0.4 is 5.32 Å². The van der Waals surface area contributed by atoms with Gasteiger partial charge < -0.3 is 5.32 Å². The van der Waals surface area contributed by atoms with Crippen LogP contribution in [-0.2, 0) is 5.41 Å². The maximum absolute atomic E-state index is 12.7. The second kappa shape index (κ2) is 5.04. The van der Waals surface area contributed by atoms with Gasteiger partial charge in [0.1, 0.15) is 5.82 Å². The predicted molar refractivity (Wildman–Crippen MR) is 58.4 cm³/mol. The lowest BCUT2D eigenvalue weighted by atomic mass is 9.84. The Hall–Kier alpha value is -1.10. The number of hydrogen-bond donors (Lipinski definition) is 1. The van der Waals surface area contributed by atoms with Crippen LogP contribution in [-0.4, -0.2) is 19.3 Å². The lowest BCUT2D eigenvalue weighted by Gasteiger charge is -2.26. The van der Waals surface area contributed by atoms with Crippen molar-refractivity contribution in [1.82, 2.24) is 5.32 Å². The van der Waals surface area contributed by atoms with Crippen molar-refractivity contribution in [3.8, 4) is 0 Å². The minimum Gasteiger partial charge on any atom is -0.308 e. The first kappa shape index (κ1) is 14.0. The Bertz CT molecular complexity index is 354. The molecule has 0 heterocycles. The monoisotopic (exact) mass is 249 g/mol. The molecule has 1 aromatic carbocycles. The van der Waals surface area contributed by atoms with E-state index in [1.807, 2.05) is 13.8 Å². The standard InChI is InChI=1S/C12H15F4N/c1-11(2,7-17-8-12(14,15)16)9-3-5-10(13)6-4-9/h3-6,17H,7-8H2,1-2H3. The minimum absolute atomic E-state index is 0.179. The highest BCUT2D eigenvalue weighted by Crippen LogP contribution is 2.23. The van der Waals surface area contributed by atoms with Crippen LogP contribution in [0.1, 0.15) is 19.4 Å². The van der Waals surface area contributed by atoms with Crippen molar-refractivity contribution in [2.75, 3.05) is 13.1 Å². The number of nitrogens with one attached hydrogen (secondary N) is 1. The molecule has 1 nitrogen and oxygen atoms in total. The van der Waals surface area contributed by atoms with Crippen LogP contribution in [0, 0.1) is 5.82 Å². The van der Waals surface area contributed by atoms with Crippen molar-refractivity contribution in [3.05, 3.63) is 35.6 Å². The number of halogens is 4. The summed E-state index contributed by atoms with van der Waals surface area (Å²) >= 11 is 0. The van der Waals surface area contributed by atoms with Crippen molar-refractivity contribution in [2.45, 2.75) is 25.4 Å². The fraction of sp³-hybridized carbons (Fsp3) is 0.500. The minimum atomic E-state index is -4.21. The average molecular weight is 249 g/mol. The van der Waals surface area contributed by atoms with E-state index in [-0.39, 0.29) is 12.4 Å². The number of rotatable bonds is 4. The molecule has 0 aliphatic heterocycles. The molecule has 0 fully saturated rings. The fourth-order valence-electron chi connectivity index (χ4n) is 1.52. The normalized spacial score (nSPS) is 12.8. The highest BCUT2D eigenvalue weighted by Gasteiger charge is 2.28. The maximum atomic E-state index is 12.7. The fourth-order valence-corrected chi connectivity index (χ4v) is 1.52. The van der Waals surface area contributed by atoms with Crippen LogP contribution in [0.3, 0.4) is 0 Å². The second-order valence-corrected chi connectivity index (χ2v) is 4.61. The Morgan fingerprint density at radius 2 is 1.53 bits per heavy atom. The van der Waals surface area contributed by atoms with Gasteiger partial charge in [0.2, 0.25) is 0 Å². The van der Waals surface area contributed by atoms with Crippen LogP contribution in [0.5, 0.6) is 0 Å². The van der Waals surface area contributed by atoms with Gasteiger partial charge in [0.15, 0.2) is 0 Å². The quantitative estimate of drug-likeness (QED) is 0.808. The summed E-state index contributed by atoms with van der Waals surface area (Å²) in [4.78, 5) is 0. The van der Waals surface area contributed by atoms with E-state index >= 15 is 0 Å². The van der Waals surface area contributed by atoms with E-state index in [1.54, 1.807) is 12.1 Å². The summed E-state index contributed by atoms with van der Waals surface area (Å²) in [5.41, 5.74) is 0.326. The van der Waals surface area contributed by atoms with Crippen molar-refractivity contribution < 1.29 is 17.6 Å². The third-order valence-electron chi connectivity index (χ3n) is 2.52. The van der Waals surface area contributed by atoms with Crippen molar-refractivity contribution in [3.63, 3.8) is 0 Å². The van der Waals surface area contributed by atoms with E-state index in [1.165, 1.54) is 12.1 Å². The molecule has 0 saturated heterocycles. The Balaban J connectivity index is 2.59. The molecule has 0 saturated carbocycles. The van der Waals surface area contributed by atoms with Gasteiger partial charge in [-0.1, -0.05) is 26.0 Å². The molecule has 96 valence electrons. The molecule has 17 heavy (non-hydrogen) atoms. The third-order valence-corrected chi connectivity index (χ3v) is 2.52. The Morgan fingerprint density at radius 1 is 1.00 bits per heavy atom. The molecule has 1 rings (SSSR count). The largest absolute Gasteiger partial charge is 0.401 e. The molecule has 0 bridgehead atoms. The first-order chi connectivity index (χ1) is 7.71. The van der Waals surface area contributed by atoms with Crippen molar-refractivity contribution in [2.24, 2.45) is 0 Å². The van der Waals surface area contributed by atoms with Crippen LogP contribution in [0.15, 0.2) is 24.3 Å². The summed E-state index contributed by atoms with van der Waals surface area (Å²) in [6.45, 7) is 2.78. The van der Waals surface area contributed by atoms with Crippen LogP contribution in [0.4, 0.5) is 17.6 Å². The lowest BCUT2D eigenvalue weighted by Crippen LogP contribution is -2.38. The van der Waals surface area contributed by atoms with Gasteiger partial charge in [0.05, 0.1) is 6.54 Å². The van der Waals surface area contributed by atoms with E-state index < -0.39 is 18.1 Å². The first-order valence-electron chi connectivity index (χ1n) is 5.24. The van der Waals surface area contributed by atoms with Gasteiger partial charge >= 0.3 is 6.18 Å². The Labute approximate surface area is 97.8 Å².